The van der Waals surface area contributed by atoms with Gasteiger partial charge in [0.25, 0.3) is 5.56 Å². The molecule has 1 aliphatic heterocycles. The summed E-state index contributed by atoms with van der Waals surface area (Å²) in [6.07, 6.45) is 0.128. The van der Waals surface area contributed by atoms with Crippen LogP contribution in [0.4, 0.5) is 0 Å². The first-order chi connectivity index (χ1) is 17.8. The van der Waals surface area contributed by atoms with Crippen molar-refractivity contribution in [3.63, 3.8) is 0 Å². The van der Waals surface area contributed by atoms with Gasteiger partial charge in [0.1, 0.15) is 12.1 Å². The molecule has 4 aromatic rings. The first-order valence-electron chi connectivity index (χ1n) is 12.1. The molecule has 2 aromatic heterocycles. The second-order valence-corrected chi connectivity index (χ2v) is 10.1. The van der Waals surface area contributed by atoms with Crippen LogP contribution in [0.2, 0.25) is 10.0 Å². The second kappa shape index (κ2) is 10.4. The van der Waals surface area contributed by atoms with E-state index >= 15 is 0 Å². The highest BCUT2D eigenvalue weighted by molar-refractivity contribution is 6.33. The summed E-state index contributed by atoms with van der Waals surface area (Å²) in [7, 11) is 0. The van der Waals surface area contributed by atoms with E-state index in [-0.39, 0.29) is 17.1 Å². The number of benzene rings is 2. The fourth-order valence-corrected chi connectivity index (χ4v) is 5.08. The predicted molar refractivity (Wildman–Crippen MR) is 143 cm³/mol. The Kier molecular flexibility index (Phi) is 7.24. The van der Waals surface area contributed by atoms with Gasteiger partial charge in [0.05, 0.1) is 11.1 Å². The minimum Gasteiger partial charge on any atom is -0.381 e. The monoisotopic (exact) mass is 543 g/mol. The van der Waals surface area contributed by atoms with E-state index < -0.39 is 23.5 Å². The maximum Gasteiger partial charge on any atom is 0.333 e. The Labute approximate surface area is 222 Å². The van der Waals surface area contributed by atoms with Crippen LogP contribution in [0.1, 0.15) is 25.8 Å². The maximum atomic E-state index is 14.0. The molecular weight excluding hydrogens is 517 g/mol. The second-order valence-electron chi connectivity index (χ2n) is 9.25. The summed E-state index contributed by atoms with van der Waals surface area (Å²) in [6.45, 7) is 3.08. The van der Waals surface area contributed by atoms with Gasteiger partial charge in [-0.3, -0.25) is 18.5 Å². The molecule has 0 bridgehead atoms. The Morgan fingerprint density at radius 2 is 1.78 bits per heavy atom. The van der Waals surface area contributed by atoms with Crippen LogP contribution in [0, 0.1) is 5.92 Å². The summed E-state index contributed by atoms with van der Waals surface area (Å²) < 4.78 is 9.70. The average Bonchev–Trinajstić information content (AvgIpc) is 3.28. The van der Waals surface area contributed by atoms with Gasteiger partial charge >= 0.3 is 5.69 Å². The van der Waals surface area contributed by atoms with E-state index in [4.69, 9.17) is 38.7 Å². The highest BCUT2D eigenvalue weighted by atomic mass is 35.5. The topological polar surface area (TPSA) is 117 Å². The minimum atomic E-state index is -1.42. The third-order valence-corrected chi connectivity index (χ3v) is 7.44. The molecule has 1 fully saturated rings. The van der Waals surface area contributed by atoms with Crippen LogP contribution in [0.25, 0.3) is 28.2 Å². The van der Waals surface area contributed by atoms with Crippen molar-refractivity contribution in [3.8, 4) is 17.1 Å². The van der Waals surface area contributed by atoms with Crippen molar-refractivity contribution in [1.29, 1.82) is 0 Å². The third kappa shape index (κ3) is 4.73. The lowest BCUT2D eigenvalue weighted by Gasteiger charge is -2.24. The molecular formula is C26H27Cl2N5O4. The summed E-state index contributed by atoms with van der Waals surface area (Å²) in [5.74, 6) is 0.557. The first kappa shape index (κ1) is 25.7. The molecule has 0 saturated carbocycles. The fourth-order valence-electron chi connectivity index (χ4n) is 4.74. The molecule has 1 aliphatic rings. The van der Waals surface area contributed by atoms with Crippen molar-refractivity contribution < 1.29 is 9.84 Å². The number of nitrogens with zero attached hydrogens (tertiary/aromatic N) is 4. The molecule has 194 valence electrons. The molecule has 11 heteroatoms. The van der Waals surface area contributed by atoms with Gasteiger partial charge in [-0.25, -0.2) is 9.78 Å². The first-order valence-corrected chi connectivity index (χ1v) is 12.8. The Bertz CT molecular complexity index is 1550. The van der Waals surface area contributed by atoms with Crippen molar-refractivity contribution in [2.75, 3.05) is 13.2 Å². The van der Waals surface area contributed by atoms with Crippen molar-refractivity contribution in [1.82, 2.24) is 18.7 Å². The number of hydrogen-bond acceptors (Lipinski definition) is 6. The molecule has 0 radical (unpaired) electrons. The number of aliphatic hydroxyl groups excluding tert-OH is 1. The summed E-state index contributed by atoms with van der Waals surface area (Å²) in [5, 5.41) is 11.1. The molecule has 1 unspecified atom stereocenters. The summed E-state index contributed by atoms with van der Waals surface area (Å²) in [6, 6.07) is 13.2. The molecule has 0 amide bonds. The molecule has 2 atom stereocenters. The number of hydrogen-bond donors (Lipinski definition) is 2. The van der Waals surface area contributed by atoms with Crippen LogP contribution < -0.4 is 17.0 Å². The van der Waals surface area contributed by atoms with Gasteiger partial charge in [0, 0.05) is 36.0 Å². The number of rotatable bonds is 6. The molecule has 37 heavy (non-hydrogen) atoms. The standard InChI is InChI=1S/C26H27Cl2N5O4/c1-15(22(29)34)32-25(35)21-24(31(26(32)36)14-16-10-12-37-13-11-16)30-23(19-4-2-3-5-20(19)28)33(21)18-8-6-17(27)7-9-18/h2-9,15-16,22,34H,10-14,29H2,1H3/t15-,22?/m0/s1. The van der Waals surface area contributed by atoms with E-state index in [2.05, 4.69) is 0 Å². The molecule has 3 N–H and O–H groups in total. The Morgan fingerprint density at radius 3 is 2.43 bits per heavy atom. The van der Waals surface area contributed by atoms with Crippen LogP contribution in [-0.4, -0.2) is 43.2 Å². The number of aromatic nitrogens is 4. The van der Waals surface area contributed by atoms with Crippen LogP contribution in [0.15, 0.2) is 58.1 Å². The van der Waals surface area contributed by atoms with Gasteiger partial charge in [-0.2, -0.15) is 0 Å². The smallest absolute Gasteiger partial charge is 0.333 e. The van der Waals surface area contributed by atoms with Crippen molar-refractivity contribution in [3.05, 3.63) is 79.4 Å². The largest absolute Gasteiger partial charge is 0.381 e. The molecule has 5 rings (SSSR count). The summed E-state index contributed by atoms with van der Waals surface area (Å²) in [4.78, 5) is 32.6. The SMILES string of the molecule is C[C@@H](C(N)O)n1c(=O)c2c(nc(-c3ccccc3Cl)n2-c2ccc(Cl)cc2)n(CC2CCOCC2)c1=O. The number of imidazole rings is 1. The fraction of sp³-hybridized carbons (Fsp3) is 0.346. The number of aliphatic hydroxyl groups is 1. The highest BCUT2D eigenvalue weighted by Crippen LogP contribution is 2.32. The molecule has 9 nitrogen and oxygen atoms in total. The normalized spacial score (nSPS) is 16.2. The van der Waals surface area contributed by atoms with E-state index in [0.717, 1.165) is 17.4 Å². The van der Waals surface area contributed by atoms with Gasteiger partial charge in [-0.1, -0.05) is 35.3 Å². The summed E-state index contributed by atoms with van der Waals surface area (Å²) >= 11 is 12.7. The molecule has 0 spiro atoms. The van der Waals surface area contributed by atoms with E-state index in [0.29, 0.717) is 46.9 Å². The quantitative estimate of drug-likeness (QED) is 0.359. The Hall–Kier alpha value is -2.95. The van der Waals surface area contributed by atoms with Crippen molar-refractivity contribution >= 4 is 34.4 Å². The van der Waals surface area contributed by atoms with E-state index in [1.165, 1.54) is 11.5 Å². The third-order valence-electron chi connectivity index (χ3n) is 6.86. The number of nitrogens with two attached hydrogens (primary N) is 1. The van der Waals surface area contributed by atoms with Gasteiger partial charge in [-0.15, -0.1) is 0 Å². The highest BCUT2D eigenvalue weighted by Gasteiger charge is 2.28. The molecule has 3 heterocycles. The Balaban J connectivity index is 1.90. The molecule has 2 aromatic carbocycles. The van der Waals surface area contributed by atoms with Gasteiger partial charge in [-0.05, 0) is 62.1 Å². The van der Waals surface area contributed by atoms with Crippen LogP contribution in [0.3, 0.4) is 0 Å². The van der Waals surface area contributed by atoms with Gasteiger partial charge < -0.3 is 15.6 Å². The lowest BCUT2D eigenvalue weighted by molar-refractivity contribution is 0.0607. The van der Waals surface area contributed by atoms with Crippen molar-refractivity contribution in [2.24, 2.45) is 11.7 Å². The van der Waals surface area contributed by atoms with Crippen LogP contribution >= 0.6 is 23.2 Å². The number of halogens is 2. The van der Waals surface area contributed by atoms with Gasteiger partial charge in [0.2, 0.25) is 0 Å². The van der Waals surface area contributed by atoms with Crippen molar-refractivity contribution in [2.45, 2.75) is 38.6 Å². The number of fused-ring (bicyclic) bond motifs is 1. The molecule has 0 aliphatic carbocycles. The Morgan fingerprint density at radius 1 is 1.11 bits per heavy atom. The van der Waals surface area contributed by atoms with Gasteiger partial charge in [0.15, 0.2) is 11.2 Å². The van der Waals surface area contributed by atoms with E-state index in [1.807, 2.05) is 12.1 Å². The van der Waals surface area contributed by atoms with E-state index in [1.54, 1.807) is 41.0 Å². The summed E-state index contributed by atoms with van der Waals surface area (Å²) in [5.41, 5.74) is 6.18. The van der Waals surface area contributed by atoms with E-state index in [9.17, 15) is 14.7 Å². The maximum absolute atomic E-state index is 14.0. The zero-order valence-corrected chi connectivity index (χ0v) is 21.7. The average molecular weight is 544 g/mol. The lowest BCUT2D eigenvalue weighted by atomic mass is 10.0. The zero-order valence-electron chi connectivity index (χ0n) is 20.2. The minimum absolute atomic E-state index is 0.156. The van der Waals surface area contributed by atoms with Crippen LogP contribution in [0.5, 0.6) is 0 Å². The number of ether oxygens (including phenoxy) is 1. The predicted octanol–water partition coefficient (Wildman–Crippen LogP) is 3.59. The lowest BCUT2D eigenvalue weighted by Crippen LogP contribution is -2.47. The molecule has 1 saturated heterocycles. The van der Waals surface area contributed by atoms with Crippen LogP contribution in [-0.2, 0) is 11.3 Å². The zero-order chi connectivity index (χ0) is 26.3.